The van der Waals surface area contributed by atoms with E-state index in [9.17, 15) is 19.8 Å². The lowest BCUT2D eigenvalue weighted by Crippen LogP contribution is -2.46. The second-order valence-electron chi connectivity index (χ2n) is 16.1. The van der Waals surface area contributed by atoms with Crippen LogP contribution in [-0.4, -0.2) is 46.9 Å². The molecular formula is C53H91NO5. The zero-order chi connectivity index (χ0) is 43.1. The van der Waals surface area contributed by atoms with Crippen molar-refractivity contribution in [2.45, 2.75) is 232 Å². The Hall–Kier alpha value is -2.96. The first-order valence-corrected chi connectivity index (χ1v) is 24.3. The normalized spacial score (nSPS) is 14.1. The van der Waals surface area contributed by atoms with Gasteiger partial charge in [-0.3, -0.25) is 9.59 Å². The lowest BCUT2D eigenvalue weighted by molar-refractivity contribution is -0.148. The maximum atomic E-state index is 13.1. The van der Waals surface area contributed by atoms with Gasteiger partial charge in [0.25, 0.3) is 0 Å². The molecule has 0 aliphatic heterocycles. The fraction of sp³-hybridized carbons (Fsp3) is 0.698. The summed E-state index contributed by atoms with van der Waals surface area (Å²) < 4.78 is 5.79. The molecule has 0 bridgehead atoms. The number of carbonyl (C=O) groups excluding carboxylic acids is 2. The Kier molecular flexibility index (Phi) is 43.8. The number of unbranched alkanes of at least 4 members (excludes halogenated alkanes) is 18. The van der Waals surface area contributed by atoms with Crippen molar-refractivity contribution >= 4 is 11.9 Å². The van der Waals surface area contributed by atoms with Gasteiger partial charge >= 0.3 is 5.97 Å². The van der Waals surface area contributed by atoms with Crippen LogP contribution in [0.15, 0.2) is 85.1 Å². The minimum Gasteiger partial charge on any atom is -0.458 e. The van der Waals surface area contributed by atoms with Gasteiger partial charge in [0.1, 0.15) is 6.10 Å². The van der Waals surface area contributed by atoms with Crippen LogP contribution in [0.25, 0.3) is 0 Å². The first kappa shape index (κ1) is 56.0. The lowest BCUT2D eigenvalue weighted by Gasteiger charge is -2.23. The van der Waals surface area contributed by atoms with E-state index in [2.05, 4.69) is 99.0 Å². The van der Waals surface area contributed by atoms with Gasteiger partial charge in [-0.25, -0.2) is 0 Å². The Labute approximate surface area is 363 Å². The van der Waals surface area contributed by atoms with Crippen LogP contribution >= 0.6 is 0 Å². The van der Waals surface area contributed by atoms with E-state index < -0.39 is 18.2 Å². The highest BCUT2D eigenvalue weighted by Gasteiger charge is 2.23. The molecule has 0 aromatic carbocycles. The maximum absolute atomic E-state index is 13.1. The average Bonchev–Trinajstić information content (AvgIpc) is 3.23. The average molecular weight is 822 g/mol. The summed E-state index contributed by atoms with van der Waals surface area (Å²) in [4.78, 5) is 26.0. The topological polar surface area (TPSA) is 95.9 Å². The van der Waals surface area contributed by atoms with Crippen LogP contribution in [0.3, 0.4) is 0 Å². The van der Waals surface area contributed by atoms with E-state index in [1.165, 1.54) is 77.0 Å². The highest BCUT2D eigenvalue weighted by atomic mass is 16.5. The molecule has 0 saturated carbocycles. The summed E-state index contributed by atoms with van der Waals surface area (Å²) >= 11 is 0. The fourth-order valence-corrected chi connectivity index (χ4v) is 6.78. The van der Waals surface area contributed by atoms with Gasteiger partial charge in [0, 0.05) is 6.42 Å². The monoisotopic (exact) mass is 822 g/mol. The highest BCUT2D eigenvalue weighted by molar-refractivity contribution is 5.78. The van der Waals surface area contributed by atoms with Crippen molar-refractivity contribution in [3.05, 3.63) is 85.1 Å². The fourth-order valence-electron chi connectivity index (χ4n) is 6.78. The third kappa shape index (κ3) is 41.6. The Bertz CT molecular complexity index is 1150. The molecule has 0 aliphatic carbocycles. The van der Waals surface area contributed by atoms with Crippen LogP contribution < -0.4 is 5.32 Å². The lowest BCUT2D eigenvalue weighted by atomic mass is 10.0. The van der Waals surface area contributed by atoms with Gasteiger partial charge < -0.3 is 20.3 Å². The Balaban J connectivity index is 4.78. The molecule has 0 heterocycles. The van der Waals surface area contributed by atoms with Crippen molar-refractivity contribution in [2.24, 2.45) is 0 Å². The Morgan fingerprint density at radius 3 is 1.49 bits per heavy atom. The quantitative estimate of drug-likeness (QED) is 0.0324. The molecule has 6 nitrogen and oxygen atoms in total. The number of esters is 1. The van der Waals surface area contributed by atoms with Crippen LogP contribution in [0.4, 0.5) is 0 Å². The van der Waals surface area contributed by atoms with Crippen molar-refractivity contribution < 1.29 is 24.5 Å². The number of nitrogens with one attached hydrogen (secondary N) is 1. The van der Waals surface area contributed by atoms with E-state index in [-0.39, 0.29) is 24.9 Å². The number of amides is 1. The molecule has 0 radical (unpaired) electrons. The SMILES string of the molecule is CC/C=C\C/C=C\C/C=C\C/C=C\C/C=C\C/C=C\C(CC(=O)NC(CO)C(O)CCCCCCCCCCCCCCC)OC(=O)CCCCCCC/C=C\CCC. The number of aliphatic hydroxyl groups is 2. The number of carbonyl (C=O) groups is 2. The summed E-state index contributed by atoms with van der Waals surface area (Å²) in [5, 5.41) is 23.6. The summed E-state index contributed by atoms with van der Waals surface area (Å²) in [7, 11) is 0. The zero-order valence-electron chi connectivity index (χ0n) is 38.4. The van der Waals surface area contributed by atoms with Gasteiger partial charge in [-0.15, -0.1) is 0 Å². The van der Waals surface area contributed by atoms with Crippen LogP contribution in [-0.2, 0) is 14.3 Å². The van der Waals surface area contributed by atoms with Gasteiger partial charge in [0.05, 0.1) is 25.2 Å². The Morgan fingerprint density at radius 1 is 0.525 bits per heavy atom. The van der Waals surface area contributed by atoms with Crippen molar-refractivity contribution in [1.82, 2.24) is 5.32 Å². The molecule has 0 rings (SSSR count). The van der Waals surface area contributed by atoms with E-state index >= 15 is 0 Å². The van der Waals surface area contributed by atoms with E-state index in [0.717, 1.165) is 89.9 Å². The zero-order valence-corrected chi connectivity index (χ0v) is 38.4. The molecule has 0 saturated heterocycles. The number of hydrogen-bond acceptors (Lipinski definition) is 5. The maximum Gasteiger partial charge on any atom is 0.306 e. The molecule has 3 N–H and O–H groups in total. The van der Waals surface area contributed by atoms with E-state index in [0.29, 0.717) is 19.3 Å². The second kappa shape index (κ2) is 46.1. The van der Waals surface area contributed by atoms with Gasteiger partial charge in [-0.05, 0) is 76.7 Å². The van der Waals surface area contributed by atoms with Gasteiger partial charge in [0.2, 0.25) is 5.91 Å². The highest BCUT2D eigenvalue weighted by Crippen LogP contribution is 2.15. The molecule has 59 heavy (non-hydrogen) atoms. The van der Waals surface area contributed by atoms with E-state index in [1.54, 1.807) is 6.08 Å². The molecule has 3 unspecified atom stereocenters. The van der Waals surface area contributed by atoms with Crippen LogP contribution in [0, 0.1) is 0 Å². The molecular weight excluding hydrogens is 731 g/mol. The summed E-state index contributed by atoms with van der Waals surface area (Å²) in [6, 6.07) is -0.747. The minimum atomic E-state index is -0.823. The largest absolute Gasteiger partial charge is 0.458 e. The predicted octanol–water partition coefficient (Wildman–Crippen LogP) is 14.4. The van der Waals surface area contributed by atoms with E-state index in [4.69, 9.17) is 4.74 Å². The number of rotatable bonds is 42. The van der Waals surface area contributed by atoms with Gasteiger partial charge in [-0.2, -0.15) is 0 Å². The third-order valence-electron chi connectivity index (χ3n) is 10.4. The standard InChI is InChI=1S/C53H91NO5/c1-4-7-10-13-16-19-22-24-25-26-27-29-30-32-35-38-41-44-49(59-53(58)46-43-40-37-34-21-18-15-12-9-6-3)47-52(57)54-50(48-55)51(56)45-42-39-36-33-31-28-23-20-17-14-11-8-5-2/h7,10,12,15-16,19,24-25,27,29,32,35,41,44,49-51,55-56H,4-6,8-9,11,13-14,17-18,20-23,26,28,30-31,33-34,36-40,42-43,45-48H2,1-3H3,(H,54,57)/b10-7-,15-12-,19-16-,25-24-,29-27-,35-32-,44-41-. The molecule has 0 fully saturated rings. The summed E-state index contributed by atoms with van der Waals surface area (Å²) in [5.41, 5.74) is 0. The van der Waals surface area contributed by atoms with Crippen LogP contribution in [0.1, 0.15) is 213 Å². The minimum absolute atomic E-state index is 0.0542. The molecule has 338 valence electrons. The predicted molar refractivity (Wildman–Crippen MR) is 254 cm³/mol. The van der Waals surface area contributed by atoms with Crippen molar-refractivity contribution in [2.75, 3.05) is 6.61 Å². The number of ether oxygens (including phenoxy) is 1. The molecule has 0 aromatic rings. The first-order chi connectivity index (χ1) is 29.0. The summed E-state index contributed by atoms with van der Waals surface area (Å²) in [6.45, 7) is 6.25. The summed E-state index contributed by atoms with van der Waals surface area (Å²) in [5.74, 6) is -0.648. The Morgan fingerprint density at radius 2 is 0.983 bits per heavy atom. The molecule has 6 heteroatoms. The molecule has 1 amide bonds. The van der Waals surface area contributed by atoms with Crippen LogP contribution in [0.5, 0.6) is 0 Å². The van der Waals surface area contributed by atoms with Crippen molar-refractivity contribution in [3.8, 4) is 0 Å². The van der Waals surface area contributed by atoms with Gasteiger partial charge in [0.15, 0.2) is 0 Å². The molecule has 3 atom stereocenters. The second-order valence-corrected chi connectivity index (χ2v) is 16.1. The van der Waals surface area contributed by atoms with E-state index in [1.807, 2.05) is 6.08 Å². The number of allylic oxidation sites excluding steroid dienone is 13. The summed E-state index contributed by atoms with van der Waals surface area (Å²) in [6.07, 6.45) is 59.6. The first-order valence-electron chi connectivity index (χ1n) is 24.3. The molecule has 0 aromatic heterocycles. The smallest absolute Gasteiger partial charge is 0.306 e. The van der Waals surface area contributed by atoms with Gasteiger partial charge in [-0.1, -0.05) is 209 Å². The third-order valence-corrected chi connectivity index (χ3v) is 10.4. The van der Waals surface area contributed by atoms with Crippen LogP contribution in [0.2, 0.25) is 0 Å². The number of hydrogen-bond donors (Lipinski definition) is 3. The number of aliphatic hydroxyl groups excluding tert-OH is 2. The molecule has 0 aliphatic rings. The van der Waals surface area contributed by atoms with Crippen molar-refractivity contribution in [1.29, 1.82) is 0 Å². The molecule has 0 spiro atoms. The van der Waals surface area contributed by atoms with Crippen molar-refractivity contribution in [3.63, 3.8) is 0 Å².